The highest BCUT2D eigenvalue weighted by Gasteiger charge is 2.28. The number of likely N-dealkylation sites (N-methyl/N-ethyl adjacent to an activating group) is 1. The molecule has 0 radical (unpaired) electrons. The zero-order chi connectivity index (χ0) is 48.3. The first-order valence-corrected chi connectivity index (χ1v) is 27.4. The Kier molecular flexibility index (Phi) is 41.5. The third kappa shape index (κ3) is 33.1. The minimum atomic E-state index is -0.109. The molecule has 1 unspecified atom stereocenters. The van der Waals surface area contributed by atoms with Gasteiger partial charge in [-0.2, -0.15) is 0 Å². The summed E-state index contributed by atoms with van der Waals surface area (Å²) in [6, 6.07) is 0. The molecule has 0 fully saturated rings. The minimum absolute atomic E-state index is 0. The van der Waals surface area contributed by atoms with Crippen LogP contribution in [0.25, 0.3) is 0 Å². The van der Waals surface area contributed by atoms with Gasteiger partial charge in [0.25, 0.3) is 5.91 Å². The van der Waals surface area contributed by atoms with E-state index in [0.717, 1.165) is 66.0 Å². The van der Waals surface area contributed by atoms with E-state index in [1.54, 1.807) is 11.3 Å². The molecule has 2 rings (SSSR count). The normalized spacial score (nSPS) is 12.7. The number of nitrogens with zero attached hydrogens (tertiary/aromatic N) is 2. The van der Waals surface area contributed by atoms with Gasteiger partial charge in [-0.05, 0) is 116 Å². The van der Waals surface area contributed by atoms with Gasteiger partial charge in [0.05, 0.1) is 12.1 Å². The molecule has 1 aromatic heterocycles. The lowest BCUT2D eigenvalue weighted by molar-refractivity contribution is -0.150. The largest absolute Gasteiger partial charge is 0.462 e. The van der Waals surface area contributed by atoms with Crippen molar-refractivity contribution in [2.24, 2.45) is 0 Å². The SMILES string of the molecule is C=CC(=O)CCCCCCC/C=C\C/C=C\CCCCC.CC.CCCCCCCCC(CCCCCC)OC(=O)CCCCC(=O)N1CCc2c(sc(C)c2C(=O)NCCN(C)C)C1.[HH]. The molecule has 0 saturated heterocycles. The van der Waals surface area contributed by atoms with Crippen LogP contribution in [0, 0.1) is 6.92 Å². The van der Waals surface area contributed by atoms with Gasteiger partial charge in [0.1, 0.15) is 6.10 Å². The van der Waals surface area contributed by atoms with Crippen LogP contribution in [0.5, 0.6) is 0 Å². The average Bonchev–Trinajstić information content (AvgIpc) is 3.64. The fourth-order valence-electron chi connectivity index (χ4n) is 7.91. The Morgan fingerprint density at radius 2 is 1.26 bits per heavy atom. The van der Waals surface area contributed by atoms with Crippen molar-refractivity contribution in [2.45, 2.75) is 240 Å². The van der Waals surface area contributed by atoms with E-state index in [2.05, 4.69) is 57.0 Å². The van der Waals surface area contributed by atoms with Gasteiger partial charge in [0.2, 0.25) is 5.91 Å². The fourth-order valence-corrected chi connectivity index (χ4v) is 9.14. The molecule has 0 spiro atoms. The molecule has 1 aromatic rings. The first-order valence-electron chi connectivity index (χ1n) is 26.5. The summed E-state index contributed by atoms with van der Waals surface area (Å²) in [7, 11) is 3.98. The zero-order valence-electron chi connectivity index (χ0n) is 43.3. The summed E-state index contributed by atoms with van der Waals surface area (Å²) in [6.07, 6.45) is 41.9. The lowest BCUT2D eigenvalue weighted by Gasteiger charge is -2.27. The molecular weight excluding hydrogens is 827 g/mol. The first kappa shape index (κ1) is 62.0. The van der Waals surface area contributed by atoms with Crippen molar-refractivity contribution >= 4 is 34.9 Å². The Labute approximate surface area is 405 Å². The fraction of sp³-hybridized carbons (Fsp3) is 0.750. The number of rotatable bonds is 37. The lowest BCUT2D eigenvalue weighted by Crippen LogP contribution is -2.36. The molecule has 2 heterocycles. The summed E-state index contributed by atoms with van der Waals surface area (Å²) in [5, 5.41) is 3.04. The van der Waals surface area contributed by atoms with E-state index < -0.39 is 0 Å². The molecule has 1 aliphatic heterocycles. The topological polar surface area (TPSA) is 96.0 Å². The van der Waals surface area contributed by atoms with Gasteiger partial charge in [0, 0.05) is 50.1 Å². The number of carbonyl (C=O) groups excluding carboxylic acids is 4. The van der Waals surface area contributed by atoms with Crippen LogP contribution in [0.15, 0.2) is 37.0 Å². The summed E-state index contributed by atoms with van der Waals surface area (Å²) < 4.78 is 5.92. The van der Waals surface area contributed by atoms with E-state index in [4.69, 9.17) is 4.74 Å². The predicted molar refractivity (Wildman–Crippen MR) is 282 cm³/mol. The summed E-state index contributed by atoms with van der Waals surface area (Å²) >= 11 is 1.64. The number of ether oxygens (including phenoxy) is 1. The second-order valence-corrected chi connectivity index (χ2v) is 19.2. The maximum atomic E-state index is 13.0. The molecule has 0 bridgehead atoms. The van der Waals surface area contributed by atoms with E-state index in [1.165, 1.54) is 115 Å². The van der Waals surface area contributed by atoms with E-state index in [0.29, 0.717) is 58.2 Å². The minimum Gasteiger partial charge on any atom is -0.462 e. The number of aryl methyl sites for hydroxylation is 1. The van der Waals surface area contributed by atoms with E-state index in [9.17, 15) is 19.2 Å². The maximum Gasteiger partial charge on any atom is 0.306 e. The van der Waals surface area contributed by atoms with Crippen molar-refractivity contribution < 1.29 is 25.3 Å². The molecule has 1 aliphatic rings. The second kappa shape index (κ2) is 43.5. The smallest absolute Gasteiger partial charge is 0.306 e. The Hall–Kier alpha value is -3.04. The number of unbranched alkanes of at least 4 members (excludes halogenated alkanes) is 17. The van der Waals surface area contributed by atoms with Crippen LogP contribution >= 0.6 is 11.3 Å². The van der Waals surface area contributed by atoms with Gasteiger partial charge in [-0.1, -0.05) is 149 Å². The Bertz CT molecular complexity index is 1440. The number of carbonyl (C=O) groups is 4. The highest BCUT2D eigenvalue weighted by Crippen LogP contribution is 2.33. The van der Waals surface area contributed by atoms with Crippen LogP contribution in [-0.2, 0) is 32.1 Å². The van der Waals surface area contributed by atoms with Crippen molar-refractivity contribution in [3.63, 3.8) is 0 Å². The standard InChI is InChI=1S/C34H59N3O4S.C20H34O.C2H6.H2/c1-6-8-10-12-13-15-19-28(18-14-11-9-7-2)41-32(39)21-17-16-20-31(38)37-24-22-29-30(26-37)42-27(3)33(29)34(40)35-23-25-36(4)5;1-3-5-6-7-8-9-10-11-12-13-14-15-16-17-18-19-20(21)4-2;1-2;/h28H,6-26H2,1-5H3,(H,35,40);4,8-9,11-12H,2-3,5-7,10,13-19H2,1H3;1-2H3;1H/b;9-8-,12-11-;;. The molecule has 376 valence electrons. The molecule has 8 nitrogen and oxygen atoms in total. The highest BCUT2D eigenvalue weighted by molar-refractivity contribution is 7.12. The number of hydrogen-bond donors (Lipinski definition) is 1. The van der Waals surface area contributed by atoms with Gasteiger partial charge in [-0.3, -0.25) is 19.2 Å². The van der Waals surface area contributed by atoms with Crippen molar-refractivity contribution in [3.8, 4) is 0 Å². The van der Waals surface area contributed by atoms with Gasteiger partial charge in [-0.15, -0.1) is 11.3 Å². The van der Waals surface area contributed by atoms with E-state index in [1.807, 2.05) is 44.7 Å². The number of hydrogen-bond acceptors (Lipinski definition) is 7. The Balaban J connectivity index is 0. The summed E-state index contributed by atoms with van der Waals surface area (Å²) in [5.74, 6) is 0.199. The molecule has 2 amide bonds. The monoisotopic (exact) mass is 928 g/mol. The van der Waals surface area contributed by atoms with Gasteiger partial charge in [0.15, 0.2) is 5.78 Å². The Morgan fingerprint density at radius 3 is 1.88 bits per heavy atom. The molecule has 0 aromatic carbocycles. The maximum absolute atomic E-state index is 13.0. The summed E-state index contributed by atoms with van der Waals surface area (Å²) in [6.45, 7) is 18.8. The first-order chi connectivity index (χ1) is 31.6. The van der Waals surface area contributed by atoms with Gasteiger partial charge >= 0.3 is 5.97 Å². The van der Waals surface area contributed by atoms with Crippen LogP contribution in [0.1, 0.15) is 242 Å². The van der Waals surface area contributed by atoms with E-state index >= 15 is 0 Å². The van der Waals surface area contributed by atoms with Gasteiger partial charge < -0.3 is 19.9 Å². The zero-order valence-corrected chi connectivity index (χ0v) is 44.2. The molecule has 0 saturated carbocycles. The summed E-state index contributed by atoms with van der Waals surface area (Å²) in [4.78, 5) is 55.6. The van der Waals surface area contributed by atoms with Crippen molar-refractivity contribution in [3.05, 3.63) is 57.8 Å². The molecular formula is C56H101N3O5S. The van der Waals surface area contributed by atoms with Crippen LogP contribution in [0.2, 0.25) is 0 Å². The van der Waals surface area contributed by atoms with Crippen molar-refractivity contribution in [1.29, 1.82) is 0 Å². The predicted octanol–water partition coefficient (Wildman–Crippen LogP) is 15.3. The number of amides is 2. The number of thiophene rings is 1. The average molecular weight is 929 g/mol. The van der Waals surface area contributed by atoms with Crippen molar-refractivity contribution in [1.82, 2.24) is 15.1 Å². The number of fused-ring (bicyclic) bond motifs is 1. The molecule has 9 heteroatoms. The van der Waals surface area contributed by atoms with Gasteiger partial charge in [-0.25, -0.2) is 0 Å². The number of esters is 1. The van der Waals surface area contributed by atoms with Crippen molar-refractivity contribution in [2.75, 3.05) is 33.7 Å². The third-order valence-electron chi connectivity index (χ3n) is 11.8. The third-order valence-corrected chi connectivity index (χ3v) is 13.0. The Morgan fingerprint density at radius 1 is 0.738 bits per heavy atom. The van der Waals surface area contributed by atoms with Crippen LogP contribution < -0.4 is 5.32 Å². The lowest BCUT2D eigenvalue weighted by atomic mass is 10.0. The quantitative estimate of drug-likeness (QED) is 0.0309. The van der Waals surface area contributed by atoms with Crippen LogP contribution in [-0.4, -0.2) is 73.2 Å². The number of nitrogens with one attached hydrogen (secondary N) is 1. The molecule has 65 heavy (non-hydrogen) atoms. The highest BCUT2D eigenvalue weighted by atomic mass is 32.1. The molecule has 1 atom stereocenters. The number of allylic oxidation sites excluding steroid dienone is 5. The molecule has 0 aliphatic carbocycles. The molecule has 1 N–H and O–H groups in total. The van der Waals surface area contributed by atoms with Crippen LogP contribution in [0.4, 0.5) is 0 Å². The summed E-state index contributed by atoms with van der Waals surface area (Å²) in [5.41, 5.74) is 1.91. The van der Waals surface area contributed by atoms with E-state index in [-0.39, 0.29) is 31.1 Å². The van der Waals surface area contributed by atoms with Crippen LogP contribution in [0.3, 0.4) is 0 Å². The number of ketones is 1. The second-order valence-electron chi connectivity index (χ2n) is 17.9.